The maximum atomic E-state index is 12.0. The Morgan fingerprint density at radius 3 is 3.07 bits per heavy atom. The van der Waals surface area contributed by atoms with Gasteiger partial charge in [-0.2, -0.15) is 0 Å². The maximum absolute atomic E-state index is 12.0. The highest BCUT2D eigenvalue weighted by Crippen LogP contribution is 2.16. The number of amides is 1. The van der Waals surface area contributed by atoms with Crippen LogP contribution >= 0.6 is 0 Å². The van der Waals surface area contributed by atoms with Gasteiger partial charge in [-0.05, 0) is 18.8 Å². The SMILES string of the molecule is CC1CCCN(C(=O)c2cnccn2)C1. The molecule has 0 radical (unpaired) electrons. The summed E-state index contributed by atoms with van der Waals surface area (Å²) in [6, 6.07) is 0. The first-order valence-corrected chi connectivity index (χ1v) is 5.32. The molecule has 1 saturated heterocycles. The molecule has 0 spiro atoms. The molecule has 1 aromatic rings. The monoisotopic (exact) mass is 205 g/mol. The molecule has 1 aliphatic rings. The maximum Gasteiger partial charge on any atom is 0.274 e. The zero-order valence-corrected chi connectivity index (χ0v) is 8.89. The fourth-order valence-corrected chi connectivity index (χ4v) is 1.95. The quantitative estimate of drug-likeness (QED) is 0.695. The van der Waals surface area contributed by atoms with E-state index in [2.05, 4.69) is 16.9 Å². The van der Waals surface area contributed by atoms with E-state index in [1.807, 2.05) is 4.90 Å². The zero-order valence-electron chi connectivity index (χ0n) is 8.89. The lowest BCUT2D eigenvalue weighted by atomic mass is 10.0. The molecule has 1 fully saturated rings. The summed E-state index contributed by atoms with van der Waals surface area (Å²) in [6.07, 6.45) is 6.97. The molecule has 2 rings (SSSR count). The molecule has 80 valence electrons. The number of hydrogen-bond donors (Lipinski definition) is 0. The Morgan fingerprint density at radius 1 is 1.53 bits per heavy atom. The van der Waals surface area contributed by atoms with E-state index >= 15 is 0 Å². The van der Waals surface area contributed by atoms with Crippen molar-refractivity contribution in [3.8, 4) is 0 Å². The van der Waals surface area contributed by atoms with Crippen LogP contribution in [0.2, 0.25) is 0 Å². The number of likely N-dealkylation sites (tertiary alicyclic amines) is 1. The van der Waals surface area contributed by atoms with E-state index in [1.54, 1.807) is 12.4 Å². The van der Waals surface area contributed by atoms with E-state index in [0.717, 1.165) is 19.5 Å². The summed E-state index contributed by atoms with van der Waals surface area (Å²) in [4.78, 5) is 21.8. The summed E-state index contributed by atoms with van der Waals surface area (Å²) in [6.45, 7) is 3.87. The molecule has 4 nitrogen and oxygen atoms in total. The molecule has 0 N–H and O–H groups in total. The van der Waals surface area contributed by atoms with Crippen LogP contribution in [0.25, 0.3) is 0 Å². The van der Waals surface area contributed by atoms with Crippen LogP contribution in [-0.4, -0.2) is 33.9 Å². The molecule has 0 aromatic carbocycles. The molecule has 1 aliphatic heterocycles. The summed E-state index contributed by atoms with van der Waals surface area (Å²) < 4.78 is 0. The van der Waals surface area contributed by atoms with Crippen LogP contribution in [0, 0.1) is 5.92 Å². The molecular formula is C11H15N3O. The Morgan fingerprint density at radius 2 is 2.40 bits per heavy atom. The molecule has 4 heteroatoms. The Labute approximate surface area is 89.3 Å². The Bertz CT molecular complexity index is 339. The third kappa shape index (κ3) is 2.32. The van der Waals surface area contributed by atoms with Crippen LogP contribution < -0.4 is 0 Å². The molecule has 0 aliphatic carbocycles. The minimum absolute atomic E-state index is 0.00894. The minimum atomic E-state index is 0.00894. The van der Waals surface area contributed by atoms with Crippen LogP contribution in [0.1, 0.15) is 30.3 Å². The second-order valence-electron chi connectivity index (χ2n) is 4.09. The standard InChI is InChI=1S/C11H15N3O/c1-9-3-2-6-14(8-9)11(15)10-7-12-4-5-13-10/h4-5,7,9H,2-3,6,8H2,1H3. The number of carbonyl (C=O) groups is 1. The van der Waals surface area contributed by atoms with E-state index in [1.165, 1.54) is 12.6 Å². The topological polar surface area (TPSA) is 46.1 Å². The summed E-state index contributed by atoms with van der Waals surface area (Å²) in [7, 11) is 0. The van der Waals surface area contributed by atoms with Gasteiger partial charge in [0, 0.05) is 25.5 Å². The Hall–Kier alpha value is -1.45. The van der Waals surface area contributed by atoms with Crippen LogP contribution in [0.3, 0.4) is 0 Å². The van der Waals surface area contributed by atoms with Gasteiger partial charge in [0.15, 0.2) is 0 Å². The van der Waals surface area contributed by atoms with Gasteiger partial charge in [0.25, 0.3) is 5.91 Å². The number of nitrogens with zero attached hydrogens (tertiary/aromatic N) is 3. The van der Waals surface area contributed by atoms with Gasteiger partial charge in [-0.25, -0.2) is 4.98 Å². The highest BCUT2D eigenvalue weighted by atomic mass is 16.2. The van der Waals surface area contributed by atoms with Gasteiger partial charge < -0.3 is 4.90 Å². The van der Waals surface area contributed by atoms with E-state index in [0.29, 0.717) is 11.6 Å². The number of rotatable bonds is 1. The number of piperidine rings is 1. The summed E-state index contributed by atoms with van der Waals surface area (Å²) in [5.41, 5.74) is 0.451. The summed E-state index contributed by atoms with van der Waals surface area (Å²) in [5, 5.41) is 0. The molecule has 1 atom stereocenters. The van der Waals surface area contributed by atoms with Gasteiger partial charge in [0.2, 0.25) is 0 Å². The second-order valence-corrected chi connectivity index (χ2v) is 4.09. The van der Waals surface area contributed by atoms with E-state index < -0.39 is 0 Å². The van der Waals surface area contributed by atoms with Crippen LogP contribution in [0.15, 0.2) is 18.6 Å². The van der Waals surface area contributed by atoms with Crippen molar-refractivity contribution >= 4 is 5.91 Å². The smallest absolute Gasteiger partial charge is 0.274 e. The average Bonchev–Trinajstić information content (AvgIpc) is 2.29. The van der Waals surface area contributed by atoms with Crippen molar-refractivity contribution in [1.29, 1.82) is 0 Å². The van der Waals surface area contributed by atoms with Gasteiger partial charge in [-0.1, -0.05) is 6.92 Å². The molecule has 15 heavy (non-hydrogen) atoms. The molecule has 1 amide bonds. The number of aromatic nitrogens is 2. The van der Waals surface area contributed by atoms with Gasteiger partial charge in [0.05, 0.1) is 6.20 Å². The van der Waals surface area contributed by atoms with Crippen LogP contribution in [0.4, 0.5) is 0 Å². The number of carbonyl (C=O) groups excluding carboxylic acids is 1. The first kappa shape index (κ1) is 10.1. The molecule has 2 heterocycles. The zero-order chi connectivity index (χ0) is 10.7. The van der Waals surface area contributed by atoms with Crippen LogP contribution in [-0.2, 0) is 0 Å². The van der Waals surface area contributed by atoms with Crippen molar-refractivity contribution in [2.75, 3.05) is 13.1 Å². The van der Waals surface area contributed by atoms with E-state index in [-0.39, 0.29) is 5.91 Å². The lowest BCUT2D eigenvalue weighted by Crippen LogP contribution is -2.39. The van der Waals surface area contributed by atoms with Gasteiger partial charge >= 0.3 is 0 Å². The highest BCUT2D eigenvalue weighted by molar-refractivity contribution is 5.92. The van der Waals surface area contributed by atoms with Gasteiger partial charge in [-0.3, -0.25) is 9.78 Å². The third-order valence-corrected chi connectivity index (χ3v) is 2.73. The predicted octanol–water partition coefficient (Wildman–Crippen LogP) is 1.35. The van der Waals surface area contributed by atoms with Gasteiger partial charge in [-0.15, -0.1) is 0 Å². The van der Waals surface area contributed by atoms with Crippen molar-refractivity contribution in [2.45, 2.75) is 19.8 Å². The first-order chi connectivity index (χ1) is 7.27. The van der Waals surface area contributed by atoms with Crippen LogP contribution in [0.5, 0.6) is 0 Å². The van der Waals surface area contributed by atoms with E-state index in [9.17, 15) is 4.79 Å². The molecule has 0 bridgehead atoms. The Balaban J connectivity index is 2.08. The minimum Gasteiger partial charge on any atom is -0.337 e. The van der Waals surface area contributed by atoms with Gasteiger partial charge in [0.1, 0.15) is 5.69 Å². The number of hydrogen-bond acceptors (Lipinski definition) is 3. The van der Waals surface area contributed by atoms with Crippen molar-refractivity contribution in [3.05, 3.63) is 24.3 Å². The molecule has 1 unspecified atom stereocenters. The third-order valence-electron chi connectivity index (χ3n) is 2.73. The lowest BCUT2D eigenvalue weighted by molar-refractivity contribution is 0.0676. The highest BCUT2D eigenvalue weighted by Gasteiger charge is 2.22. The lowest BCUT2D eigenvalue weighted by Gasteiger charge is -2.30. The summed E-state index contributed by atoms with van der Waals surface area (Å²) in [5.74, 6) is 0.606. The second kappa shape index (κ2) is 4.38. The Kier molecular flexibility index (Phi) is 2.94. The van der Waals surface area contributed by atoms with Crippen molar-refractivity contribution in [3.63, 3.8) is 0 Å². The fourth-order valence-electron chi connectivity index (χ4n) is 1.95. The van der Waals surface area contributed by atoms with Crippen molar-refractivity contribution in [2.24, 2.45) is 5.92 Å². The fraction of sp³-hybridized carbons (Fsp3) is 0.545. The average molecular weight is 205 g/mol. The normalized spacial score (nSPS) is 21.4. The van der Waals surface area contributed by atoms with Crippen molar-refractivity contribution < 1.29 is 4.79 Å². The van der Waals surface area contributed by atoms with E-state index in [4.69, 9.17) is 0 Å². The van der Waals surface area contributed by atoms with Crippen molar-refractivity contribution in [1.82, 2.24) is 14.9 Å². The summed E-state index contributed by atoms with van der Waals surface area (Å²) >= 11 is 0. The first-order valence-electron chi connectivity index (χ1n) is 5.32. The largest absolute Gasteiger partial charge is 0.337 e. The molecule has 0 saturated carbocycles. The molecular weight excluding hydrogens is 190 g/mol. The predicted molar refractivity (Wildman–Crippen MR) is 56.3 cm³/mol. The molecule has 1 aromatic heterocycles.